The molecule has 0 aromatic carbocycles. The standard InChI is InChI=1S/C12H21BrN2O4/c1-4-18-12(19-5-2)11(16)10-9(13)8-14-15(10)6-7-17-3/h8,11-12,16H,4-7H2,1-3H3. The van der Waals surface area contributed by atoms with E-state index < -0.39 is 12.4 Å². The van der Waals surface area contributed by atoms with Crippen LogP contribution in [-0.4, -0.2) is 48.1 Å². The van der Waals surface area contributed by atoms with Crippen molar-refractivity contribution in [2.24, 2.45) is 0 Å². The van der Waals surface area contributed by atoms with Crippen LogP contribution in [-0.2, 0) is 20.8 Å². The molecule has 0 aliphatic carbocycles. The van der Waals surface area contributed by atoms with Crippen molar-refractivity contribution in [1.29, 1.82) is 0 Å². The molecule has 1 heterocycles. The number of aromatic nitrogens is 2. The Labute approximate surface area is 121 Å². The molecule has 0 fully saturated rings. The lowest BCUT2D eigenvalue weighted by atomic mass is 10.2. The van der Waals surface area contributed by atoms with Crippen LogP contribution in [0.1, 0.15) is 25.6 Å². The molecule has 1 N–H and O–H groups in total. The molecule has 7 heteroatoms. The largest absolute Gasteiger partial charge is 0.383 e. The van der Waals surface area contributed by atoms with Crippen LogP contribution >= 0.6 is 15.9 Å². The molecule has 0 bridgehead atoms. The number of halogens is 1. The molecule has 0 saturated carbocycles. The molecule has 1 unspecified atom stereocenters. The lowest BCUT2D eigenvalue weighted by molar-refractivity contribution is -0.193. The summed E-state index contributed by atoms with van der Waals surface area (Å²) in [5.74, 6) is 0. The minimum absolute atomic E-state index is 0.464. The summed E-state index contributed by atoms with van der Waals surface area (Å²) in [7, 11) is 1.62. The minimum atomic E-state index is -0.909. The highest BCUT2D eigenvalue weighted by atomic mass is 79.9. The van der Waals surface area contributed by atoms with Gasteiger partial charge in [-0.05, 0) is 29.8 Å². The van der Waals surface area contributed by atoms with Gasteiger partial charge in [0.15, 0.2) is 6.29 Å². The van der Waals surface area contributed by atoms with Crippen LogP contribution in [0.2, 0.25) is 0 Å². The fourth-order valence-electron chi connectivity index (χ4n) is 1.71. The SMILES string of the molecule is CCOC(OCC)C(O)c1c(Br)cnn1CCOC. The summed E-state index contributed by atoms with van der Waals surface area (Å²) in [6.07, 6.45) is 0.0290. The minimum Gasteiger partial charge on any atom is -0.383 e. The smallest absolute Gasteiger partial charge is 0.189 e. The topological polar surface area (TPSA) is 65.7 Å². The number of aliphatic hydroxyl groups is 1. The first-order chi connectivity index (χ1) is 9.15. The molecule has 0 aliphatic rings. The van der Waals surface area contributed by atoms with Gasteiger partial charge in [-0.25, -0.2) is 0 Å². The highest BCUT2D eigenvalue weighted by molar-refractivity contribution is 9.10. The maximum absolute atomic E-state index is 10.4. The molecule has 1 aromatic heterocycles. The van der Waals surface area contributed by atoms with Crippen molar-refractivity contribution in [2.45, 2.75) is 32.8 Å². The van der Waals surface area contributed by atoms with E-state index in [1.54, 1.807) is 18.0 Å². The van der Waals surface area contributed by atoms with Gasteiger partial charge in [0.05, 0.1) is 29.5 Å². The van der Waals surface area contributed by atoms with Crippen LogP contribution in [0.15, 0.2) is 10.7 Å². The van der Waals surface area contributed by atoms with Crippen LogP contribution in [0.25, 0.3) is 0 Å². The maximum atomic E-state index is 10.4. The molecule has 110 valence electrons. The third-order valence-electron chi connectivity index (χ3n) is 2.54. The van der Waals surface area contributed by atoms with Crippen molar-refractivity contribution in [1.82, 2.24) is 9.78 Å². The average Bonchev–Trinajstić information content (AvgIpc) is 2.76. The van der Waals surface area contributed by atoms with Crippen LogP contribution in [0, 0.1) is 0 Å². The van der Waals surface area contributed by atoms with Crippen LogP contribution < -0.4 is 0 Å². The maximum Gasteiger partial charge on any atom is 0.189 e. The highest BCUT2D eigenvalue weighted by Gasteiger charge is 2.27. The van der Waals surface area contributed by atoms with E-state index in [-0.39, 0.29) is 0 Å². The van der Waals surface area contributed by atoms with Crippen molar-refractivity contribution in [3.8, 4) is 0 Å². The molecule has 6 nitrogen and oxygen atoms in total. The average molecular weight is 337 g/mol. The second-order valence-electron chi connectivity index (χ2n) is 3.82. The van der Waals surface area contributed by atoms with Gasteiger partial charge in [-0.3, -0.25) is 4.68 Å². The van der Waals surface area contributed by atoms with E-state index in [0.29, 0.717) is 32.1 Å². The van der Waals surface area contributed by atoms with Gasteiger partial charge in [-0.15, -0.1) is 0 Å². The molecule has 0 amide bonds. The fourth-order valence-corrected chi connectivity index (χ4v) is 2.24. The predicted octanol–water partition coefficient (Wildman–Crippen LogP) is 1.72. The van der Waals surface area contributed by atoms with Crippen molar-refractivity contribution in [3.05, 3.63) is 16.4 Å². The Morgan fingerprint density at radius 3 is 2.53 bits per heavy atom. The molecular formula is C12H21BrN2O4. The Morgan fingerprint density at radius 1 is 1.37 bits per heavy atom. The normalized spacial score (nSPS) is 13.2. The molecule has 1 rings (SSSR count). The van der Waals surface area contributed by atoms with Crippen molar-refractivity contribution < 1.29 is 19.3 Å². The van der Waals surface area contributed by atoms with Gasteiger partial charge in [-0.2, -0.15) is 5.10 Å². The summed E-state index contributed by atoms with van der Waals surface area (Å²) in [6.45, 7) is 5.71. The van der Waals surface area contributed by atoms with E-state index in [1.807, 2.05) is 13.8 Å². The molecule has 0 radical (unpaired) electrons. The third kappa shape index (κ3) is 4.54. The lowest BCUT2D eigenvalue weighted by Gasteiger charge is -2.23. The molecule has 0 spiro atoms. The van der Waals surface area contributed by atoms with Gasteiger partial charge in [0.25, 0.3) is 0 Å². The van der Waals surface area contributed by atoms with Gasteiger partial charge in [0.1, 0.15) is 6.10 Å². The number of ether oxygens (including phenoxy) is 3. The van der Waals surface area contributed by atoms with Crippen molar-refractivity contribution >= 4 is 15.9 Å². The summed E-state index contributed by atoms with van der Waals surface area (Å²) in [6, 6.07) is 0. The summed E-state index contributed by atoms with van der Waals surface area (Å²) in [5, 5.41) is 14.6. The van der Waals surface area contributed by atoms with Gasteiger partial charge >= 0.3 is 0 Å². The second kappa shape index (κ2) is 8.65. The van der Waals surface area contributed by atoms with Gasteiger partial charge in [-0.1, -0.05) is 0 Å². The Morgan fingerprint density at radius 2 is 2.00 bits per heavy atom. The number of hydrogen-bond donors (Lipinski definition) is 1. The predicted molar refractivity (Wildman–Crippen MR) is 73.8 cm³/mol. The molecular weight excluding hydrogens is 316 g/mol. The number of aliphatic hydroxyl groups excluding tert-OH is 1. The van der Waals surface area contributed by atoms with Gasteiger partial charge in [0, 0.05) is 20.3 Å². The second-order valence-corrected chi connectivity index (χ2v) is 4.67. The zero-order chi connectivity index (χ0) is 14.3. The molecule has 1 atom stereocenters. The van der Waals surface area contributed by atoms with E-state index in [4.69, 9.17) is 14.2 Å². The van der Waals surface area contributed by atoms with Crippen LogP contribution in [0.5, 0.6) is 0 Å². The van der Waals surface area contributed by atoms with Crippen LogP contribution in [0.4, 0.5) is 0 Å². The van der Waals surface area contributed by atoms with Gasteiger partial charge < -0.3 is 19.3 Å². The van der Waals surface area contributed by atoms with E-state index in [1.165, 1.54) is 0 Å². The Bertz CT molecular complexity index is 367. The number of nitrogens with zero attached hydrogens (tertiary/aromatic N) is 2. The summed E-state index contributed by atoms with van der Waals surface area (Å²) < 4.78 is 18.3. The summed E-state index contributed by atoms with van der Waals surface area (Å²) >= 11 is 3.38. The molecule has 0 aliphatic heterocycles. The first-order valence-electron chi connectivity index (χ1n) is 6.27. The molecule has 0 saturated heterocycles. The molecule has 1 aromatic rings. The molecule has 19 heavy (non-hydrogen) atoms. The quantitative estimate of drug-likeness (QED) is 0.695. The number of methoxy groups -OCH3 is 1. The number of rotatable bonds is 9. The lowest BCUT2D eigenvalue weighted by Crippen LogP contribution is -2.28. The monoisotopic (exact) mass is 336 g/mol. The van der Waals surface area contributed by atoms with E-state index >= 15 is 0 Å². The van der Waals surface area contributed by atoms with Crippen molar-refractivity contribution in [3.63, 3.8) is 0 Å². The highest BCUT2D eigenvalue weighted by Crippen LogP contribution is 2.27. The zero-order valence-corrected chi connectivity index (χ0v) is 13.1. The Hall–Kier alpha value is -0.470. The number of hydrogen-bond acceptors (Lipinski definition) is 5. The Balaban J connectivity index is 2.88. The van der Waals surface area contributed by atoms with Gasteiger partial charge in [0.2, 0.25) is 0 Å². The summed E-state index contributed by atoms with van der Waals surface area (Å²) in [4.78, 5) is 0. The Kier molecular flexibility index (Phi) is 7.55. The van der Waals surface area contributed by atoms with Crippen molar-refractivity contribution in [2.75, 3.05) is 26.9 Å². The first-order valence-corrected chi connectivity index (χ1v) is 7.06. The zero-order valence-electron chi connectivity index (χ0n) is 11.5. The van der Waals surface area contributed by atoms with E-state index in [9.17, 15) is 5.11 Å². The first kappa shape index (κ1) is 16.6. The van der Waals surface area contributed by atoms with E-state index in [0.717, 1.165) is 4.47 Å². The van der Waals surface area contributed by atoms with E-state index in [2.05, 4.69) is 21.0 Å². The third-order valence-corrected chi connectivity index (χ3v) is 3.15. The summed E-state index contributed by atoms with van der Waals surface area (Å²) in [5.41, 5.74) is 0.629. The fraction of sp³-hybridized carbons (Fsp3) is 0.750. The van der Waals surface area contributed by atoms with Crippen LogP contribution in [0.3, 0.4) is 0 Å².